The summed E-state index contributed by atoms with van der Waals surface area (Å²) in [5, 5.41) is 3.04. The number of fused-ring (bicyclic) bond motifs is 2. The summed E-state index contributed by atoms with van der Waals surface area (Å²) in [6.07, 6.45) is 5.74. The first-order valence-electron chi connectivity index (χ1n) is 11.5. The number of hydrogen-bond donors (Lipinski definition) is 2. The van der Waals surface area contributed by atoms with E-state index < -0.39 is 17.6 Å². The van der Waals surface area contributed by atoms with Crippen LogP contribution in [0.3, 0.4) is 0 Å². The number of esters is 1. The third kappa shape index (κ3) is 4.82. The van der Waals surface area contributed by atoms with Gasteiger partial charge in [0.05, 0.1) is 18.5 Å². The predicted octanol–water partition coefficient (Wildman–Crippen LogP) is 3.17. The highest BCUT2D eigenvalue weighted by molar-refractivity contribution is 8.04. The average Bonchev–Trinajstić information content (AvgIpc) is 2.88. The van der Waals surface area contributed by atoms with Crippen molar-refractivity contribution in [2.75, 3.05) is 40.2 Å². The van der Waals surface area contributed by atoms with E-state index in [2.05, 4.69) is 16.3 Å². The van der Waals surface area contributed by atoms with Gasteiger partial charge in [0.2, 0.25) is 5.91 Å². The molecule has 36 heavy (non-hydrogen) atoms. The highest BCUT2D eigenvalue weighted by Gasteiger charge is 2.40. The molecule has 1 aliphatic carbocycles. The molecule has 8 nitrogen and oxygen atoms in total. The van der Waals surface area contributed by atoms with Crippen LogP contribution in [0, 0.1) is 0 Å². The van der Waals surface area contributed by atoms with E-state index in [0.717, 1.165) is 32.5 Å². The minimum Gasteiger partial charge on any atom is -0.468 e. The third-order valence-electron chi connectivity index (χ3n) is 6.41. The molecule has 0 spiro atoms. The van der Waals surface area contributed by atoms with E-state index in [1.165, 1.54) is 7.11 Å². The molecule has 2 aliphatic rings. The van der Waals surface area contributed by atoms with Crippen molar-refractivity contribution in [1.29, 1.82) is 0 Å². The van der Waals surface area contributed by atoms with Gasteiger partial charge in [-0.15, -0.1) is 0 Å². The molecular weight excluding hydrogens is 474 g/mol. The van der Waals surface area contributed by atoms with Gasteiger partial charge in [-0.05, 0) is 61.6 Å². The van der Waals surface area contributed by atoms with Gasteiger partial charge in [0.25, 0.3) is 0 Å². The number of thioether (sulfide) groups is 1. The number of nitrogens with two attached hydrogens (primary N) is 1. The van der Waals surface area contributed by atoms with E-state index in [0.29, 0.717) is 5.56 Å². The molecule has 0 bridgehead atoms. The maximum atomic E-state index is 13.6. The van der Waals surface area contributed by atoms with Gasteiger partial charge in [0.1, 0.15) is 11.6 Å². The molecule has 0 saturated heterocycles. The maximum Gasteiger partial charge on any atom is 0.327 e. The van der Waals surface area contributed by atoms with Crippen molar-refractivity contribution in [3.63, 3.8) is 0 Å². The summed E-state index contributed by atoms with van der Waals surface area (Å²) >= 11 is 1.61. The number of rotatable bonds is 7. The summed E-state index contributed by atoms with van der Waals surface area (Å²) in [6.45, 7) is 0.218. The standard InChI is InChI=1S/C27H31N5O3S/c1-31(2)18-10-11-20-22(14-18)36-23-15-27(32(3)4,13-12-21(23)30-20)26(34)29-16-17-8-6-7-9-19(17)24(28)25(33)35-5/h6-15,24H,16,28H2,1-5H3,(H,29,34). The average molecular weight is 506 g/mol. The van der Waals surface area contributed by atoms with Crippen LogP contribution >= 0.6 is 11.8 Å². The van der Waals surface area contributed by atoms with Gasteiger partial charge >= 0.3 is 5.97 Å². The molecule has 1 aliphatic heterocycles. The van der Waals surface area contributed by atoms with Crippen molar-refractivity contribution >= 4 is 40.7 Å². The van der Waals surface area contributed by atoms with Crippen molar-refractivity contribution in [3.05, 3.63) is 76.7 Å². The zero-order valence-electron chi connectivity index (χ0n) is 21.1. The van der Waals surface area contributed by atoms with Crippen molar-refractivity contribution in [3.8, 4) is 0 Å². The van der Waals surface area contributed by atoms with Gasteiger partial charge < -0.3 is 20.7 Å². The maximum absolute atomic E-state index is 13.6. The zero-order valence-corrected chi connectivity index (χ0v) is 21.9. The lowest BCUT2D eigenvalue weighted by Gasteiger charge is -2.36. The largest absolute Gasteiger partial charge is 0.468 e. The second-order valence-corrected chi connectivity index (χ2v) is 10.2. The Bertz CT molecular complexity index is 1280. The number of benzene rings is 2. The molecule has 1 heterocycles. The van der Waals surface area contributed by atoms with Gasteiger partial charge in [0.15, 0.2) is 0 Å². The fraction of sp³-hybridized carbons (Fsp3) is 0.296. The number of carbonyl (C=O) groups excluding carboxylic acids is 2. The van der Waals surface area contributed by atoms with Crippen LogP contribution in [0.1, 0.15) is 17.2 Å². The first-order valence-corrected chi connectivity index (χ1v) is 12.3. The molecule has 0 radical (unpaired) electrons. The number of likely N-dealkylation sites (N-methyl/N-ethyl adjacent to an activating group) is 1. The molecule has 1 amide bonds. The second-order valence-electron chi connectivity index (χ2n) is 9.09. The van der Waals surface area contributed by atoms with Crippen molar-refractivity contribution in [1.82, 2.24) is 10.2 Å². The molecule has 0 fully saturated rings. The number of methoxy groups -OCH3 is 1. The number of aliphatic imine (C=N–C) groups is 1. The van der Waals surface area contributed by atoms with Crippen molar-refractivity contribution in [2.24, 2.45) is 10.7 Å². The van der Waals surface area contributed by atoms with Gasteiger partial charge in [-0.25, -0.2) is 4.99 Å². The van der Waals surface area contributed by atoms with Crippen LogP contribution in [0.4, 0.5) is 11.4 Å². The van der Waals surface area contributed by atoms with Crippen LogP contribution in [0.2, 0.25) is 0 Å². The first kappa shape index (κ1) is 25.7. The molecular formula is C27H31N5O3S. The van der Waals surface area contributed by atoms with Crippen LogP contribution in [-0.2, 0) is 20.9 Å². The lowest BCUT2D eigenvalue weighted by atomic mass is 9.90. The van der Waals surface area contributed by atoms with Crippen LogP contribution in [0.15, 0.2) is 75.5 Å². The highest BCUT2D eigenvalue weighted by Crippen LogP contribution is 2.44. The number of ether oxygens (including phenoxy) is 1. The van der Waals surface area contributed by atoms with E-state index in [9.17, 15) is 9.59 Å². The van der Waals surface area contributed by atoms with E-state index in [1.54, 1.807) is 23.9 Å². The van der Waals surface area contributed by atoms with Gasteiger partial charge in [-0.3, -0.25) is 14.5 Å². The fourth-order valence-electron chi connectivity index (χ4n) is 4.18. The Hall–Kier alpha value is -3.40. The Morgan fingerprint density at radius 3 is 2.61 bits per heavy atom. The normalized spacial score (nSPS) is 19.0. The number of nitrogens with zero attached hydrogens (tertiary/aromatic N) is 3. The summed E-state index contributed by atoms with van der Waals surface area (Å²) in [7, 11) is 9.05. The molecule has 2 aromatic carbocycles. The minimum atomic E-state index is -1.00. The minimum absolute atomic E-state index is 0.190. The number of anilines is 1. The first-order chi connectivity index (χ1) is 17.2. The fourth-order valence-corrected chi connectivity index (χ4v) is 5.27. The molecule has 9 heteroatoms. The Labute approximate surface area is 215 Å². The summed E-state index contributed by atoms with van der Waals surface area (Å²) in [4.78, 5) is 36.4. The lowest BCUT2D eigenvalue weighted by Crippen LogP contribution is -2.54. The Kier molecular flexibility index (Phi) is 7.35. The Morgan fingerprint density at radius 1 is 1.17 bits per heavy atom. The number of amides is 1. The highest BCUT2D eigenvalue weighted by atomic mass is 32.2. The van der Waals surface area contributed by atoms with Crippen LogP contribution < -0.4 is 16.0 Å². The number of allylic oxidation sites excluding steroid dienone is 2. The van der Waals surface area contributed by atoms with Gasteiger partial charge in [-0.1, -0.05) is 36.0 Å². The molecule has 0 aromatic heterocycles. The summed E-state index contributed by atoms with van der Waals surface area (Å²) < 4.78 is 4.79. The predicted molar refractivity (Wildman–Crippen MR) is 145 cm³/mol. The molecule has 188 valence electrons. The zero-order chi connectivity index (χ0) is 26.0. The number of hydrogen-bond acceptors (Lipinski definition) is 8. The van der Waals surface area contributed by atoms with E-state index in [-0.39, 0.29) is 12.5 Å². The monoisotopic (exact) mass is 505 g/mol. The lowest BCUT2D eigenvalue weighted by molar-refractivity contribution is -0.142. The Morgan fingerprint density at radius 2 is 1.92 bits per heavy atom. The topological polar surface area (TPSA) is 100 Å². The quantitative estimate of drug-likeness (QED) is 0.558. The van der Waals surface area contributed by atoms with Crippen LogP contribution in [0.25, 0.3) is 0 Å². The summed E-state index contributed by atoms with van der Waals surface area (Å²) in [6, 6.07) is 12.5. The van der Waals surface area contributed by atoms with Crippen molar-refractivity contribution < 1.29 is 14.3 Å². The molecule has 2 atom stereocenters. The summed E-state index contributed by atoms with van der Waals surface area (Å²) in [5.74, 6) is -0.720. The smallest absolute Gasteiger partial charge is 0.327 e. The van der Waals surface area contributed by atoms with E-state index in [1.807, 2.05) is 75.6 Å². The molecule has 4 rings (SSSR count). The molecule has 2 aromatic rings. The molecule has 3 N–H and O–H groups in total. The van der Waals surface area contributed by atoms with E-state index in [4.69, 9.17) is 15.5 Å². The SMILES string of the molecule is COC(=O)C(N)c1ccccc1CNC(=O)C1(N(C)C)C=CC2=Nc3ccc(N(C)C)cc3SC2=C1. The number of carbonyl (C=O) groups is 2. The number of nitrogens with one attached hydrogen (secondary N) is 1. The molecule has 0 saturated carbocycles. The Balaban J connectivity index is 1.60. The molecule has 2 unspecified atom stereocenters. The second kappa shape index (κ2) is 10.3. The van der Waals surface area contributed by atoms with E-state index >= 15 is 0 Å². The third-order valence-corrected chi connectivity index (χ3v) is 7.50. The van der Waals surface area contributed by atoms with Gasteiger partial charge in [0, 0.05) is 36.1 Å². The van der Waals surface area contributed by atoms with Gasteiger partial charge in [-0.2, -0.15) is 0 Å². The van der Waals surface area contributed by atoms with Crippen molar-refractivity contribution in [2.45, 2.75) is 23.0 Å². The van der Waals surface area contributed by atoms with Crippen LogP contribution in [-0.4, -0.2) is 63.3 Å². The van der Waals surface area contributed by atoms with Crippen LogP contribution in [0.5, 0.6) is 0 Å². The summed E-state index contributed by atoms with van der Waals surface area (Å²) in [5.41, 5.74) is 9.30.